The summed E-state index contributed by atoms with van der Waals surface area (Å²) in [6.45, 7) is 2.58. The van der Waals surface area contributed by atoms with Crippen LogP contribution in [0.2, 0.25) is 0 Å². The van der Waals surface area contributed by atoms with E-state index < -0.39 is 0 Å². The average molecular weight is 236 g/mol. The highest BCUT2D eigenvalue weighted by Gasteiger charge is 2.22. The van der Waals surface area contributed by atoms with Crippen LogP contribution in [-0.4, -0.2) is 38.3 Å². The fraction of sp³-hybridized carbons (Fsp3) is 0.538. The van der Waals surface area contributed by atoms with E-state index in [9.17, 15) is 0 Å². The minimum absolute atomic E-state index is 0.262. The van der Waals surface area contributed by atoms with E-state index in [1.54, 1.807) is 7.11 Å². The average Bonchev–Trinajstić information content (AvgIpc) is 2.75. The lowest BCUT2D eigenvalue weighted by atomic mass is 10.2. The van der Waals surface area contributed by atoms with Crippen LogP contribution in [0.3, 0.4) is 0 Å². The lowest BCUT2D eigenvalue weighted by molar-refractivity contribution is 0.199. The van der Waals surface area contributed by atoms with Gasteiger partial charge in [0.25, 0.3) is 0 Å². The Balaban J connectivity index is 2.09. The number of nitrogens with two attached hydrogens (primary N) is 1. The molecule has 0 bridgehead atoms. The number of methoxy groups -OCH3 is 1. The van der Waals surface area contributed by atoms with Crippen molar-refractivity contribution < 1.29 is 9.47 Å². The van der Waals surface area contributed by atoms with E-state index in [2.05, 4.69) is 11.9 Å². The fourth-order valence-corrected chi connectivity index (χ4v) is 2.11. The summed E-state index contributed by atoms with van der Waals surface area (Å²) >= 11 is 0. The zero-order chi connectivity index (χ0) is 12.3. The smallest absolute Gasteiger partial charge is 0.161 e. The predicted octanol–water partition coefficient (Wildman–Crippen LogP) is 1.24. The second-order valence-electron chi connectivity index (χ2n) is 4.48. The van der Waals surface area contributed by atoms with Crippen LogP contribution < -0.4 is 15.2 Å². The first-order valence-corrected chi connectivity index (χ1v) is 5.95. The van der Waals surface area contributed by atoms with E-state index in [1.807, 2.05) is 18.2 Å². The van der Waals surface area contributed by atoms with Crippen molar-refractivity contribution in [1.82, 2.24) is 4.90 Å². The molecule has 1 aromatic carbocycles. The number of rotatable bonds is 4. The highest BCUT2D eigenvalue weighted by molar-refractivity contribution is 5.43. The fourth-order valence-electron chi connectivity index (χ4n) is 2.11. The first-order chi connectivity index (χ1) is 8.22. The molecule has 1 heterocycles. The molecule has 0 aromatic heterocycles. The van der Waals surface area contributed by atoms with E-state index in [1.165, 1.54) is 0 Å². The molecule has 4 heteroatoms. The van der Waals surface area contributed by atoms with E-state index in [0.29, 0.717) is 6.54 Å². The van der Waals surface area contributed by atoms with Crippen LogP contribution in [0, 0.1) is 0 Å². The monoisotopic (exact) mass is 236 g/mol. The molecule has 1 aliphatic heterocycles. The van der Waals surface area contributed by atoms with Gasteiger partial charge in [0, 0.05) is 19.6 Å². The predicted molar refractivity (Wildman–Crippen MR) is 67.4 cm³/mol. The van der Waals surface area contributed by atoms with Gasteiger partial charge in [-0.2, -0.15) is 0 Å². The Morgan fingerprint density at radius 2 is 2.24 bits per heavy atom. The van der Waals surface area contributed by atoms with Crippen LogP contribution in [0.15, 0.2) is 18.2 Å². The maximum Gasteiger partial charge on any atom is 0.161 e. The summed E-state index contributed by atoms with van der Waals surface area (Å²) in [6.07, 6.45) is 1.33. The molecule has 2 N–H and O–H groups in total. The molecule has 1 atom stereocenters. The third-order valence-corrected chi connectivity index (χ3v) is 3.11. The van der Waals surface area contributed by atoms with Crippen LogP contribution in [-0.2, 0) is 6.54 Å². The van der Waals surface area contributed by atoms with E-state index in [0.717, 1.165) is 36.6 Å². The molecular formula is C13H20N2O2. The summed E-state index contributed by atoms with van der Waals surface area (Å²) in [5.74, 6) is 1.58. The van der Waals surface area contributed by atoms with Crippen LogP contribution in [0.1, 0.15) is 12.0 Å². The molecule has 0 amide bonds. The molecule has 1 unspecified atom stereocenters. The highest BCUT2D eigenvalue weighted by Crippen LogP contribution is 2.30. The Hall–Kier alpha value is -1.26. The maximum absolute atomic E-state index is 5.96. The Bertz CT molecular complexity index is 382. The molecule has 1 saturated heterocycles. The van der Waals surface area contributed by atoms with Crippen molar-refractivity contribution in [1.29, 1.82) is 0 Å². The normalized spacial score (nSPS) is 20.5. The minimum atomic E-state index is 0.262. The number of likely N-dealkylation sites (N-methyl/N-ethyl adjacent to an activating group) is 1. The second kappa shape index (κ2) is 5.38. The molecule has 0 aliphatic carbocycles. The van der Waals surface area contributed by atoms with Gasteiger partial charge in [0.05, 0.1) is 7.11 Å². The first kappa shape index (κ1) is 12.2. The van der Waals surface area contributed by atoms with Crippen molar-refractivity contribution in [3.63, 3.8) is 0 Å². The summed E-state index contributed by atoms with van der Waals surface area (Å²) in [4.78, 5) is 2.27. The van der Waals surface area contributed by atoms with E-state index >= 15 is 0 Å². The molecule has 94 valence electrons. The largest absolute Gasteiger partial charge is 0.493 e. The third kappa shape index (κ3) is 2.90. The van der Waals surface area contributed by atoms with Crippen LogP contribution in [0.25, 0.3) is 0 Å². The Morgan fingerprint density at radius 3 is 2.82 bits per heavy atom. The molecular weight excluding hydrogens is 216 g/mol. The van der Waals surface area contributed by atoms with Gasteiger partial charge < -0.3 is 20.1 Å². The van der Waals surface area contributed by atoms with Gasteiger partial charge in [0.1, 0.15) is 6.10 Å². The number of ether oxygens (including phenoxy) is 2. The van der Waals surface area contributed by atoms with Gasteiger partial charge in [-0.3, -0.25) is 0 Å². The Morgan fingerprint density at radius 1 is 1.41 bits per heavy atom. The van der Waals surface area contributed by atoms with Crippen molar-refractivity contribution in [2.75, 3.05) is 27.2 Å². The summed E-state index contributed by atoms with van der Waals surface area (Å²) in [6, 6.07) is 5.86. The van der Waals surface area contributed by atoms with Crippen molar-refractivity contribution in [3.05, 3.63) is 23.8 Å². The van der Waals surface area contributed by atoms with Crippen LogP contribution >= 0.6 is 0 Å². The lowest BCUT2D eigenvalue weighted by Gasteiger charge is -2.16. The molecule has 0 saturated carbocycles. The summed E-state index contributed by atoms with van der Waals surface area (Å²) in [7, 11) is 3.77. The maximum atomic E-state index is 5.96. The van der Waals surface area contributed by atoms with Crippen molar-refractivity contribution in [2.45, 2.75) is 19.1 Å². The number of benzene rings is 1. The van der Waals surface area contributed by atoms with Gasteiger partial charge in [-0.15, -0.1) is 0 Å². The zero-order valence-corrected chi connectivity index (χ0v) is 10.5. The van der Waals surface area contributed by atoms with Crippen molar-refractivity contribution in [3.8, 4) is 11.5 Å². The molecule has 1 aliphatic rings. The quantitative estimate of drug-likeness (QED) is 0.854. The number of nitrogens with zero attached hydrogens (tertiary/aromatic N) is 1. The SMILES string of the molecule is COc1cc(CN)ccc1OC1CCN(C)C1. The molecule has 0 spiro atoms. The van der Waals surface area contributed by atoms with Gasteiger partial charge in [-0.1, -0.05) is 6.07 Å². The van der Waals surface area contributed by atoms with E-state index in [4.69, 9.17) is 15.2 Å². The van der Waals surface area contributed by atoms with Crippen LogP contribution in [0.4, 0.5) is 0 Å². The van der Waals surface area contributed by atoms with Gasteiger partial charge in [-0.25, -0.2) is 0 Å². The van der Waals surface area contributed by atoms with Gasteiger partial charge in [0.15, 0.2) is 11.5 Å². The van der Waals surface area contributed by atoms with Crippen molar-refractivity contribution >= 4 is 0 Å². The topological polar surface area (TPSA) is 47.7 Å². The minimum Gasteiger partial charge on any atom is -0.493 e. The number of hydrogen-bond donors (Lipinski definition) is 1. The Kier molecular flexibility index (Phi) is 3.86. The molecule has 4 nitrogen and oxygen atoms in total. The molecule has 0 radical (unpaired) electrons. The molecule has 1 aromatic rings. The first-order valence-electron chi connectivity index (χ1n) is 5.95. The third-order valence-electron chi connectivity index (χ3n) is 3.11. The number of likely N-dealkylation sites (tertiary alicyclic amines) is 1. The molecule has 17 heavy (non-hydrogen) atoms. The number of hydrogen-bond acceptors (Lipinski definition) is 4. The van der Waals surface area contributed by atoms with Gasteiger partial charge in [0.2, 0.25) is 0 Å². The lowest BCUT2D eigenvalue weighted by Crippen LogP contribution is -2.21. The summed E-state index contributed by atoms with van der Waals surface area (Å²) in [5.41, 5.74) is 6.66. The van der Waals surface area contributed by atoms with Crippen LogP contribution in [0.5, 0.6) is 11.5 Å². The standard InChI is InChI=1S/C13H20N2O2/c1-15-6-5-11(9-15)17-12-4-3-10(8-14)7-13(12)16-2/h3-4,7,11H,5-6,8-9,14H2,1-2H3. The zero-order valence-electron chi connectivity index (χ0n) is 10.5. The van der Waals surface area contributed by atoms with Gasteiger partial charge >= 0.3 is 0 Å². The Labute approximate surface area is 102 Å². The highest BCUT2D eigenvalue weighted by atomic mass is 16.5. The van der Waals surface area contributed by atoms with E-state index in [-0.39, 0.29) is 6.10 Å². The molecule has 2 rings (SSSR count). The molecule has 1 fully saturated rings. The van der Waals surface area contributed by atoms with Gasteiger partial charge in [-0.05, 0) is 31.2 Å². The second-order valence-corrected chi connectivity index (χ2v) is 4.48. The summed E-state index contributed by atoms with van der Waals surface area (Å²) in [5, 5.41) is 0. The summed E-state index contributed by atoms with van der Waals surface area (Å²) < 4.78 is 11.3. The van der Waals surface area contributed by atoms with Crippen molar-refractivity contribution in [2.24, 2.45) is 5.73 Å².